The molecule has 1 saturated heterocycles. The molecule has 0 aliphatic carbocycles. The maximum absolute atomic E-state index is 12.1. The van der Waals surface area contributed by atoms with Crippen LogP contribution in [0.15, 0.2) is 30.3 Å². The lowest BCUT2D eigenvalue weighted by molar-refractivity contribution is -0.148. The number of morpholine rings is 1. The van der Waals surface area contributed by atoms with Crippen LogP contribution < -0.4 is 10.6 Å². The van der Waals surface area contributed by atoms with Crippen molar-refractivity contribution in [3.63, 3.8) is 0 Å². The van der Waals surface area contributed by atoms with Crippen LogP contribution in [0.5, 0.6) is 0 Å². The van der Waals surface area contributed by atoms with E-state index in [4.69, 9.17) is 9.47 Å². The third kappa shape index (κ3) is 5.65. The van der Waals surface area contributed by atoms with Gasteiger partial charge in [0, 0.05) is 13.1 Å². The molecule has 1 fully saturated rings. The van der Waals surface area contributed by atoms with Crippen molar-refractivity contribution >= 4 is 11.9 Å². The highest BCUT2D eigenvalue weighted by molar-refractivity contribution is 5.82. The first-order valence-electron chi connectivity index (χ1n) is 8.00. The largest absolute Gasteiger partial charge is 0.466 e. The summed E-state index contributed by atoms with van der Waals surface area (Å²) in [7, 11) is 0. The maximum Gasteiger partial charge on any atom is 0.311 e. The molecule has 2 atom stereocenters. The number of amides is 1. The summed E-state index contributed by atoms with van der Waals surface area (Å²) < 4.78 is 10.4. The Morgan fingerprint density at radius 3 is 2.83 bits per heavy atom. The Morgan fingerprint density at radius 1 is 1.39 bits per heavy atom. The van der Waals surface area contributed by atoms with Crippen molar-refractivity contribution in [3.8, 4) is 0 Å². The Morgan fingerprint density at radius 2 is 2.17 bits per heavy atom. The standard InChI is InChI=1S/C17H24N2O4/c1-2-23-17(21)14(10-13-6-4-3-5-7-13)11-19-16(20)15-12-22-9-8-18-15/h3-7,14-15,18H,2,8-12H2,1H3,(H,19,20). The van der Waals surface area contributed by atoms with Crippen LogP contribution in [-0.4, -0.2) is 50.8 Å². The number of rotatable bonds is 7. The van der Waals surface area contributed by atoms with Gasteiger partial charge < -0.3 is 20.1 Å². The molecule has 1 heterocycles. The van der Waals surface area contributed by atoms with Crippen molar-refractivity contribution in [2.24, 2.45) is 5.92 Å². The predicted molar refractivity (Wildman–Crippen MR) is 85.9 cm³/mol. The summed E-state index contributed by atoms with van der Waals surface area (Å²) in [6.07, 6.45) is 0.536. The second-order valence-electron chi connectivity index (χ2n) is 5.47. The van der Waals surface area contributed by atoms with Crippen LogP contribution in [0.3, 0.4) is 0 Å². The molecule has 6 heteroatoms. The van der Waals surface area contributed by atoms with Crippen molar-refractivity contribution < 1.29 is 19.1 Å². The van der Waals surface area contributed by atoms with E-state index in [1.54, 1.807) is 6.92 Å². The number of hydrogen-bond donors (Lipinski definition) is 2. The molecule has 0 saturated carbocycles. The van der Waals surface area contributed by atoms with Gasteiger partial charge in [0.25, 0.3) is 0 Å². The molecule has 0 spiro atoms. The van der Waals surface area contributed by atoms with E-state index in [1.165, 1.54) is 0 Å². The fraction of sp³-hybridized carbons (Fsp3) is 0.529. The first-order chi connectivity index (χ1) is 11.2. The highest BCUT2D eigenvalue weighted by Crippen LogP contribution is 2.10. The minimum atomic E-state index is -0.397. The molecule has 1 aliphatic rings. The van der Waals surface area contributed by atoms with Gasteiger partial charge in [-0.05, 0) is 18.9 Å². The molecule has 126 valence electrons. The summed E-state index contributed by atoms with van der Waals surface area (Å²) in [4.78, 5) is 24.3. The molecule has 1 aromatic carbocycles. The molecule has 23 heavy (non-hydrogen) atoms. The van der Waals surface area contributed by atoms with Gasteiger partial charge in [0.15, 0.2) is 0 Å². The van der Waals surface area contributed by atoms with Crippen molar-refractivity contribution in [1.82, 2.24) is 10.6 Å². The predicted octanol–water partition coefficient (Wildman–Crippen LogP) is 0.513. The summed E-state index contributed by atoms with van der Waals surface area (Å²) in [5.41, 5.74) is 1.04. The quantitative estimate of drug-likeness (QED) is 0.716. The average molecular weight is 320 g/mol. The second kappa shape index (κ2) is 9.27. The van der Waals surface area contributed by atoms with E-state index in [9.17, 15) is 9.59 Å². The van der Waals surface area contributed by atoms with Crippen LogP contribution in [0.25, 0.3) is 0 Å². The number of nitrogens with one attached hydrogen (secondary N) is 2. The molecule has 1 aromatic rings. The highest BCUT2D eigenvalue weighted by atomic mass is 16.5. The fourth-order valence-electron chi connectivity index (χ4n) is 2.48. The molecular weight excluding hydrogens is 296 g/mol. The minimum absolute atomic E-state index is 0.146. The van der Waals surface area contributed by atoms with Gasteiger partial charge >= 0.3 is 5.97 Å². The first-order valence-corrected chi connectivity index (χ1v) is 8.00. The Kier molecular flexibility index (Phi) is 7.03. The summed E-state index contributed by atoms with van der Waals surface area (Å²) in [6, 6.07) is 9.36. The van der Waals surface area contributed by atoms with Crippen LogP contribution in [-0.2, 0) is 25.5 Å². The van der Waals surface area contributed by atoms with Crippen molar-refractivity contribution in [2.75, 3.05) is 32.9 Å². The second-order valence-corrected chi connectivity index (χ2v) is 5.47. The van der Waals surface area contributed by atoms with Gasteiger partial charge in [0.05, 0.1) is 25.7 Å². The zero-order valence-corrected chi connectivity index (χ0v) is 13.4. The van der Waals surface area contributed by atoms with Gasteiger partial charge in [-0.2, -0.15) is 0 Å². The van der Waals surface area contributed by atoms with Crippen LogP contribution in [0.2, 0.25) is 0 Å². The number of ether oxygens (including phenoxy) is 2. The van der Waals surface area contributed by atoms with E-state index in [0.717, 1.165) is 5.56 Å². The lowest BCUT2D eigenvalue weighted by Gasteiger charge is -2.24. The van der Waals surface area contributed by atoms with E-state index in [1.807, 2.05) is 30.3 Å². The van der Waals surface area contributed by atoms with Crippen LogP contribution in [0.4, 0.5) is 0 Å². The Bertz CT molecular complexity index is 501. The molecular formula is C17H24N2O4. The Labute approximate surface area is 136 Å². The van der Waals surface area contributed by atoms with E-state index in [2.05, 4.69) is 10.6 Å². The number of carbonyl (C=O) groups excluding carboxylic acids is 2. The molecule has 0 bridgehead atoms. The fourth-order valence-corrected chi connectivity index (χ4v) is 2.48. The van der Waals surface area contributed by atoms with Crippen LogP contribution in [0.1, 0.15) is 12.5 Å². The molecule has 2 unspecified atom stereocenters. The molecule has 6 nitrogen and oxygen atoms in total. The summed E-state index contributed by atoms with van der Waals surface area (Å²) in [5, 5.41) is 5.92. The third-order valence-corrected chi connectivity index (χ3v) is 3.71. The van der Waals surface area contributed by atoms with Gasteiger partial charge in [-0.3, -0.25) is 9.59 Å². The normalized spacial score (nSPS) is 18.9. The topological polar surface area (TPSA) is 76.7 Å². The van der Waals surface area contributed by atoms with E-state index >= 15 is 0 Å². The summed E-state index contributed by atoms with van der Waals surface area (Å²) in [5.74, 6) is -0.831. The number of esters is 1. The first kappa shape index (κ1) is 17.4. The Hall–Kier alpha value is -1.92. The molecule has 0 radical (unpaired) electrons. The molecule has 1 amide bonds. The smallest absolute Gasteiger partial charge is 0.311 e. The molecule has 1 aliphatic heterocycles. The lowest BCUT2D eigenvalue weighted by Crippen LogP contribution is -2.52. The van der Waals surface area contributed by atoms with Crippen molar-refractivity contribution in [1.29, 1.82) is 0 Å². The van der Waals surface area contributed by atoms with Crippen LogP contribution in [0, 0.1) is 5.92 Å². The van der Waals surface area contributed by atoms with Gasteiger partial charge in [-0.1, -0.05) is 30.3 Å². The SMILES string of the molecule is CCOC(=O)C(CNC(=O)C1COCCN1)Cc1ccccc1. The molecule has 0 aromatic heterocycles. The van der Waals surface area contributed by atoms with Crippen molar-refractivity contribution in [3.05, 3.63) is 35.9 Å². The van der Waals surface area contributed by atoms with Gasteiger partial charge in [0.1, 0.15) is 6.04 Å². The summed E-state index contributed by atoms with van der Waals surface area (Å²) in [6.45, 7) is 3.99. The van der Waals surface area contributed by atoms with Crippen LogP contribution >= 0.6 is 0 Å². The van der Waals surface area contributed by atoms with Gasteiger partial charge in [-0.25, -0.2) is 0 Å². The van der Waals surface area contributed by atoms with Crippen molar-refractivity contribution in [2.45, 2.75) is 19.4 Å². The van der Waals surface area contributed by atoms with E-state index in [0.29, 0.717) is 32.8 Å². The third-order valence-electron chi connectivity index (χ3n) is 3.71. The van der Waals surface area contributed by atoms with E-state index in [-0.39, 0.29) is 24.5 Å². The number of benzene rings is 1. The highest BCUT2D eigenvalue weighted by Gasteiger charge is 2.25. The Balaban J connectivity index is 1.91. The molecule has 2 N–H and O–H groups in total. The zero-order chi connectivity index (χ0) is 16.5. The lowest BCUT2D eigenvalue weighted by atomic mass is 9.99. The summed E-state index contributed by atoms with van der Waals surface area (Å²) >= 11 is 0. The monoisotopic (exact) mass is 320 g/mol. The average Bonchev–Trinajstić information content (AvgIpc) is 2.60. The van der Waals surface area contributed by atoms with Gasteiger partial charge in [0.2, 0.25) is 5.91 Å². The van der Waals surface area contributed by atoms with E-state index < -0.39 is 5.92 Å². The number of hydrogen-bond acceptors (Lipinski definition) is 5. The van der Waals surface area contributed by atoms with Gasteiger partial charge in [-0.15, -0.1) is 0 Å². The maximum atomic E-state index is 12.1. The number of carbonyl (C=O) groups is 2. The minimum Gasteiger partial charge on any atom is -0.466 e. The molecule has 2 rings (SSSR count). The zero-order valence-electron chi connectivity index (χ0n) is 13.4.